The molecular weight excluding hydrogens is 238 g/mol. The molecule has 1 saturated heterocycles. The number of nitrogens with zero attached hydrogens (tertiary/aromatic N) is 4. The van der Waals surface area contributed by atoms with Crippen LogP contribution in [0.4, 0.5) is 0 Å². The molecule has 1 aliphatic heterocycles. The maximum atomic E-state index is 5.07. The number of aromatic nitrogens is 4. The van der Waals surface area contributed by atoms with Crippen LogP contribution in [0.15, 0.2) is 0 Å². The summed E-state index contributed by atoms with van der Waals surface area (Å²) in [5, 5.41) is 17.3. The molecule has 3 rings (SSSR count). The molecule has 1 fully saturated rings. The van der Waals surface area contributed by atoms with Gasteiger partial charge in [0.1, 0.15) is 11.6 Å². The molecule has 1 atom stereocenters. The third kappa shape index (κ3) is 2.05. The summed E-state index contributed by atoms with van der Waals surface area (Å²) in [6, 6.07) is 0.380. The van der Waals surface area contributed by atoms with Crippen LogP contribution in [0.5, 0.6) is 0 Å². The van der Waals surface area contributed by atoms with E-state index in [0.29, 0.717) is 12.6 Å². The van der Waals surface area contributed by atoms with Gasteiger partial charge in [-0.2, -0.15) is 9.61 Å². The first-order valence-corrected chi connectivity index (χ1v) is 6.63. The molecular formula is C10H15N5OS. The predicted octanol–water partition coefficient (Wildman–Crippen LogP) is 1.15. The largest absolute Gasteiger partial charge is 0.377 e. The lowest BCUT2D eigenvalue weighted by molar-refractivity contribution is 0.176. The molecule has 1 N–H and O–H groups in total. The summed E-state index contributed by atoms with van der Waals surface area (Å²) in [7, 11) is 1.65. The van der Waals surface area contributed by atoms with Crippen LogP contribution >= 0.6 is 11.3 Å². The van der Waals surface area contributed by atoms with E-state index in [4.69, 9.17) is 4.74 Å². The first kappa shape index (κ1) is 11.1. The highest BCUT2D eigenvalue weighted by Crippen LogP contribution is 2.26. The normalized spacial score (nSPS) is 21.1. The van der Waals surface area contributed by atoms with Crippen molar-refractivity contribution in [1.29, 1.82) is 0 Å². The standard InChI is InChI=1S/C10H15N5OS/c1-16-6-8-12-13-10-15(8)14-9(17-10)7-4-2-3-5-11-7/h7,11H,2-6H2,1H3. The van der Waals surface area contributed by atoms with E-state index in [1.54, 1.807) is 23.0 Å². The fourth-order valence-electron chi connectivity index (χ4n) is 2.09. The Labute approximate surface area is 103 Å². The third-order valence-electron chi connectivity index (χ3n) is 2.95. The van der Waals surface area contributed by atoms with Gasteiger partial charge in [-0.05, 0) is 19.4 Å². The van der Waals surface area contributed by atoms with E-state index in [9.17, 15) is 0 Å². The van der Waals surface area contributed by atoms with Crippen LogP contribution in [0.2, 0.25) is 0 Å². The lowest BCUT2D eigenvalue weighted by Crippen LogP contribution is -2.26. The zero-order chi connectivity index (χ0) is 11.7. The lowest BCUT2D eigenvalue weighted by Gasteiger charge is -2.20. The third-order valence-corrected chi connectivity index (χ3v) is 3.97. The van der Waals surface area contributed by atoms with Crippen molar-refractivity contribution in [2.45, 2.75) is 31.9 Å². The van der Waals surface area contributed by atoms with E-state index >= 15 is 0 Å². The molecule has 0 spiro atoms. The maximum Gasteiger partial charge on any atom is 0.234 e. The lowest BCUT2D eigenvalue weighted by atomic mass is 10.1. The molecule has 0 bridgehead atoms. The predicted molar refractivity (Wildman–Crippen MR) is 64.0 cm³/mol. The van der Waals surface area contributed by atoms with E-state index < -0.39 is 0 Å². The molecule has 0 aliphatic carbocycles. The second kappa shape index (κ2) is 4.67. The van der Waals surface area contributed by atoms with Crippen LogP contribution in [-0.2, 0) is 11.3 Å². The van der Waals surface area contributed by atoms with Crippen molar-refractivity contribution in [2.24, 2.45) is 0 Å². The van der Waals surface area contributed by atoms with E-state index in [0.717, 1.165) is 28.8 Å². The zero-order valence-electron chi connectivity index (χ0n) is 9.72. The van der Waals surface area contributed by atoms with Crippen molar-refractivity contribution >= 4 is 16.3 Å². The molecule has 17 heavy (non-hydrogen) atoms. The van der Waals surface area contributed by atoms with Crippen molar-refractivity contribution in [2.75, 3.05) is 13.7 Å². The first-order valence-electron chi connectivity index (χ1n) is 5.82. The Morgan fingerprint density at radius 1 is 1.47 bits per heavy atom. The molecule has 1 aliphatic rings. The molecule has 2 aromatic heterocycles. The number of ether oxygens (including phenoxy) is 1. The number of nitrogens with one attached hydrogen (secondary N) is 1. The Kier molecular flexibility index (Phi) is 3.04. The van der Waals surface area contributed by atoms with E-state index in [-0.39, 0.29) is 0 Å². The molecule has 0 saturated carbocycles. The molecule has 92 valence electrons. The Morgan fingerprint density at radius 2 is 2.41 bits per heavy atom. The molecule has 0 radical (unpaired) electrons. The highest BCUT2D eigenvalue weighted by Gasteiger charge is 2.20. The highest BCUT2D eigenvalue weighted by atomic mass is 32.1. The van der Waals surface area contributed by atoms with Gasteiger partial charge in [0, 0.05) is 7.11 Å². The fraction of sp³-hybridized carbons (Fsp3) is 0.700. The van der Waals surface area contributed by atoms with E-state index in [1.165, 1.54) is 12.8 Å². The van der Waals surface area contributed by atoms with Gasteiger partial charge in [0.2, 0.25) is 4.96 Å². The van der Waals surface area contributed by atoms with Crippen LogP contribution in [0.3, 0.4) is 0 Å². The summed E-state index contributed by atoms with van der Waals surface area (Å²) < 4.78 is 6.87. The number of hydrogen-bond acceptors (Lipinski definition) is 6. The average molecular weight is 253 g/mol. The van der Waals surface area contributed by atoms with Crippen molar-refractivity contribution < 1.29 is 4.74 Å². The summed E-state index contributed by atoms with van der Waals surface area (Å²) in [5.41, 5.74) is 0. The van der Waals surface area contributed by atoms with Gasteiger partial charge in [-0.1, -0.05) is 17.8 Å². The molecule has 2 aromatic rings. The van der Waals surface area contributed by atoms with Gasteiger partial charge in [0.05, 0.1) is 6.04 Å². The van der Waals surface area contributed by atoms with Crippen molar-refractivity contribution in [3.63, 3.8) is 0 Å². The average Bonchev–Trinajstić information content (AvgIpc) is 2.93. The van der Waals surface area contributed by atoms with Gasteiger partial charge in [0.15, 0.2) is 5.82 Å². The number of rotatable bonds is 3. The summed E-state index contributed by atoms with van der Waals surface area (Å²) in [4.78, 5) is 0.847. The van der Waals surface area contributed by atoms with Gasteiger partial charge in [-0.25, -0.2) is 0 Å². The topological polar surface area (TPSA) is 64.3 Å². The molecule has 0 aromatic carbocycles. The quantitative estimate of drug-likeness (QED) is 0.889. The minimum atomic E-state index is 0.380. The van der Waals surface area contributed by atoms with Crippen LogP contribution in [0.25, 0.3) is 4.96 Å². The van der Waals surface area contributed by atoms with Gasteiger partial charge in [-0.3, -0.25) is 0 Å². The second-order valence-corrected chi connectivity index (χ2v) is 5.17. The number of fused-ring (bicyclic) bond motifs is 1. The van der Waals surface area contributed by atoms with Crippen LogP contribution in [-0.4, -0.2) is 33.5 Å². The zero-order valence-corrected chi connectivity index (χ0v) is 10.5. The fourth-order valence-corrected chi connectivity index (χ4v) is 3.06. The highest BCUT2D eigenvalue weighted by molar-refractivity contribution is 7.16. The molecule has 3 heterocycles. The molecule has 1 unspecified atom stereocenters. The van der Waals surface area contributed by atoms with Gasteiger partial charge in [-0.15, -0.1) is 10.2 Å². The summed E-state index contributed by atoms with van der Waals surface area (Å²) in [6.07, 6.45) is 3.68. The van der Waals surface area contributed by atoms with Crippen molar-refractivity contribution in [3.8, 4) is 0 Å². The van der Waals surface area contributed by atoms with E-state index in [2.05, 4.69) is 20.6 Å². The molecule has 7 heteroatoms. The SMILES string of the molecule is COCc1nnc2sc(C3CCCCN3)nn12. The minimum absolute atomic E-state index is 0.380. The Hall–Kier alpha value is -1.05. The van der Waals surface area contributed by atoms with E-state index in [1.807, 2.05) is 0 Å². The Balaban J connectivity index is 1.90. The number of hydrogen-bond donors (Lipinski definition) is 1. The van der Waals surface area contributed by atoms with Crippen molar-refractivity contribution in [1.82, 2.24) is 25.1 Å². The van der Waals surface area contributed by atoms with Gasteiger partial charge >= 0.3 is 0 Å². The van der Waals surface area contributed by atoms with Crippen molar-refractivity contribution in [3.05, 3.63) is 10.8 Å². The monoisotopic (exact) mass is 253 g/mol. The Bertz CT molecular complexity index is 502. The van der Waals surface area contributed by atoms with Gasteiger partial charge in [0.25, 0.3) is 0 Å². The smallest absolute Gasteiger partial charge is 0.234 e. The maximum absolute atomic E-state index is 5.07. The summed E-state index contributed by atoms with van der Waals surface area (Å²) >= 11 is 1.61. The first-order chi connectivity index (χ1) is 8.38. The number of methoxy groups -OCH3 is 1. The minimum Gasteiger partial charge on any atom is -0.377 e. The Morgan fingerprint density at radius 3 is 3.18 bits per heavy atom. The second-order valence-electron chi connectivity index (χ2n) is 4.19. The number of piperidine rings is 1. The molecule has 0 amide bonds. The molecule has 6 nitrogen and oxygen atoms in total. The van der Waals surface area contributed by atoms with Crippen LogP contribution < -0.4 is 5.32 Å². The summed E-state index contributed by atoms with van der Waals surface area (Å²) in [6.45, 7) is 1.53. The van der Waals surface area contributed by atoms with Crippen LogP contribution in [0.1, 0.15) is 36.1 Å². The van der Waals surface area contributed by atoms with Crippen LogP contribution in [0, 0.1) is 0 Å². The van der Waals surface area contributed by atoms with Gasteiger partial charge < -0.3 is 10.1 Å². The summed E-state index contributed by atoms with van der Waals surface area (Å²) in [5.74, 6) is 0.765.